The van der Waals surface area contributed by atoms with Crippen LogP contribution >= 0.6 is 0 Å². The highest BCUT2D eigenvalue weighted by Gasteiger charge is 2.20. The van der Waals surface area contributed by atoms with E-state index in [1.54, 1.807) is 0 Å². The van der Waals surface area contributed by atoms with Crippen molar-refractivity contribution in [1.29, 1.82) is 0 Å². The Morgan fingerprint density at radius 1 is 1.29 bits per heavy atom. The van der Waals surface area contributed by atoms with Crippen LogP contribution in [-0.2, 0) is 6.42 Å². The molecule has 2 aromatic heterocycles. The molecule has 0 aromatic carbocycles. The molecule has 2 rings (SSSR count). The highest BCUT2D eigenvalue weighted by molar-refractivity contribution is 5.95. The Kier molecular flexibility index (Phi) is 6.61. The van der Waals surface area contributed by atoms with E-state index in [0.29, 0.717) is 36.7 Å². The van der Waals surface area contributed by atoms with Gasteiger partial charge in [-0.15, -0.1) is 0 Å². The number of nitrogens with zero attached hydrogens (tertiary/aromatic N) is 3. The number of imidazole rings is 1. The van der Waals surface area contributed by atoms with Crippen molar-refractivity contribution in [3.63, 3.8) is 0 Å². The summed E-state index contributed by atoms with van der Waals surface area (Å²) < 4.78 is 7.46. The normalized spacial score (nSPS) is 11.2. The van der Waals surface area contributed by atoms with Crippen molar-refractivity contribution in [3.8, 4) is 5.75 Å². The zero-order chi connectivity index (χ0) is 17.5. The fourth-order valence-electron chi connectivity index (χ4n) is 2.80. The molecule has 0 bridgehead atoms. The standard InChI is InChI=1S/C18H28N4O2/c1-5-14-16(18(23)19-11-13-21(6-2)7-3)22-12-9-10-15(24-8-4)17(22)20-14/h9-10,12H,5-8,11,13H2,1-4H3,(H,19,23). The molecule has 0 atom stereocenters. The Labute approximate surface area is 143 Å². The topological polar surface area (TPSA) is 58.9 Å². The number of hydrogen-bond donors (Lipinski definition) is 1. The summed E-state index contributed by atoms with van der Waals surface area (Å²) in [5.41, 5.74) is 2.10. The zero-order valence-corrected chi connectivity index (χ0v) is 15.1. The molecule has 24 heavy (non-hydrogen) atoms. The maximum atomic E-state index is 12.7. The molecule has 2 aromatic rings. The first-order chi connectivity index (χ1) is 11.7. The fourth-order valence-corrected chi connectivity index (χ4v) is 2.80. The summed E-state index contributed by atoms with van der Waals surface area (Å²) in [4.78, 5) is 19.6. The van der Waals surface area contributed by atoms with Gasteiger partial charge in [-0.1, -0.05) is 20.8 Å². The summed E-state index contributed by atoms with van der Waals surface area (Å²) in [7, 11) is 0. The highest BCUT2D eigenvalue weighted by atomic mass is 16.5. The minimum absolute atomic E-state index is 0.0832. The Bertz CT molecular complexity index is 677. The van der Waals surface area contributed by atoms with Crippen molar-refractivity contribution in [2.24, 2.45) is 0 Å². The number of carbonyl (C=O) groups excluding carboxylic acids is 1. The van der Waals surface area contributed by atoms with Crippen LogP contribution in [0.3, 0.4) is 0 Å². The molecule has 132 valence electrons. The summed E-state index contributed by atoms with van der Waals surface area (Å²) in [6.45, 7) is 12.2. The third kappa shape index (κ3) is 3.87. The maximum absolute atomic E-state index is 12.7. The predicted molar refractivity (Wildman–Crippen MR) is 95.9 cm³/mol. The number of pyridine rings is 1. The van der Waals surface area contributed by atoms with Crippen LogP contribution in [0.2, 0.25) is 0 Å². The van der Waals surface area contributed by atoms with Gasteiger partial charge in [-0.25, -0.2) is 4.98 Å². The molecular weight excluding hydrogens is 304 g/mol. The van der Waals surface area contributed by atoms with Crippen LogP contribution in [0.15, 0.2) is 18.3 Å². The maximum Gasteiger partial charge on any atom is 0.270 e. The van der Waals surface area contributed by atoms with E-state index in [1.807, 2.05) is 36.6 Å². The lowest BCUT2D eigenvalue weighted by molar-refractivity contribution is 0.0942. The van der Waals surface area contributed by atoms with Crippen molar-refractivity contribution in [2.75, 3.05) is 32.8 Å². The second-order valence-electron chi connectivity index (χ2n) is 5.54. The van der Waals surface area contributed by atoms with Gasteiger partial charge in [0, 0.05) is 19.3 Å². The van der Waals surface area contributed by atoms with Crippen LogP contribution in [0, 0.1) is 0 Å². The van der Waals surface area contributed by atoms with E-state index in [0.717, 1.165) is 25.3 Å². The second-order valence-corrected chi connectivity index (χ2v) is 5.54. The third-order valence-corrected chi connectivity index (χ3v) is 4.14. The minimum atomic E-state index is -0.0832. The number of aryl methyl sites for hydroxylation is 1. The van der Waals surface area contributed by atoms with Crippen LogP contribution in [-0.4, -0.2) is 53.0 Å². The molecule has 1 amide bonds. The van der Waals surface area contributed by atoms with E-state index in [2.05, 4.69) is 29.0 Å². The van der Waals surface area contributed by atoms with Gasteiger partial charge < -0.3 is 15.0 Å². The molecule has 0 fully saturated rings. The van der Waals surface area contributed by atoms with Crippen LogP contribution in [0.5, 0.6) is 5.75 Å². The van der Waals surface area contributed by atoms with E-state index in [9.17, 15) is 4.79 Å². The summed E-state index contributed by atoms with van der Waals surface area (Å²) in [5, 5.41) is 3.02. The largest absolute Gasteiger partial charge is 0.490 e. The lowest BCUT2D eigenvalue weighted by atomic mass is 10.2. The Morgan fingerprint density at radius 3 is 2.67 bits per heavy atom. The highest BCUT2D eigenvalue weighted by Crippen LogP contribution is 2.22. The molecule has 0 radical (unpaired) electrons. The molecule has 6 nitrogen and oxygen atoms in total. The zero-order valence-electron chi connectivity index (χ0n) is 15.1. The molecule has 0 unspecified atom stereocenters. The number of aromatic nitrogens is 2. The van der Waals surface area contributed by atoms with Gasteiger partial charge in [-0.2, -0.15) is 0 Å². The molecule has 0 aliphatic carbocycles. The first-order valence-corrected chi connectivity index (χ1v) is 8.79. The van der Waals surface area contributed by atoms with Crippen LogP contribution in [0.25, 0.3) is 5.65 Å². The summed E-state index contributed by atoms with van der Waals surface area (Å²) >= 11 is 0. The van der Waals surface area contributed by atoms with Crippen LogP contribution < -0.4 is 10.1 Å². The van der Waals surface area contributed by atoms with E-state index < -0.39 is 0 Å². The van der Waals surface area contributed by atoms with Crippen LogP contribution in [0.4, 0.5) is 0 Å². The van der Waals surface area contributed by atoms with E-state index in [1.165, 1.54) is 0 Å². The van der Waals surface area contributed by atoms with Gasteiger partial charge in [0.15, 0.2) is 11.4 Å². The molecule has 0 aliphatic heterocycles. The van der Waals surface area contributed by atoms with Gasteiger partial charge in [0.25, 0.3) is 5.91 Å². The van der Waals surface area contributed by atoms with Crippen molar-refractivity contribution in [1.82, 2.24) is 19.6 Å². The number of nitrogens with one attached hydrogen (secondary N) is 1. The molecule has 0 aliphatic rings. The predicted octanol–water partition coefficient (Wildman–Crippen LogP) is 2.37. The number of fused-ring (bicyclic) bond motifs is 1. The summed E-state index contributed by atoms with van der Waals surface area (Å²) in [6.07, 6.45) is 2.56. The first kappa shape index (κ1) is 18.3. The Morgan fingerprint density at radius 2 is 2.04 bits per heavy atom. The van der Waals surface area contributed by atoms with Gasteiger partial charge in [0.05, 0.1) is 12.3 Å². The summed E-state index contributed by atoms with van der Waals surface area (Å²) in [5.74, 6) is 0.622. The Balaban J connectivity index is 2.23. The van der Waals surface area contributed by atoms with Crippen molar-refractivity contribution in [2.45, 2.75) is 34.1 Å². The van der Waals surface area contributed by atoms with E-state index in [-0.39, 0.29) is 5.91 Å². The van der Waals surface area contributed by atoms with Crippen molar-refractivity contribution in [3.05, 3.63) is 29.7 Å². The van der Waals surface area contributed by atoms with Crippen molar-refractivity contribution >= 4 is 11.6 Å². The number of likely N-dealkylation sites (N-methyl/N-ethyl adjacent to an activating group) is 1. The van der Waals surface area contributed by atoms with Gasteiger partial charge in [0.1, 0.15) is 5.69 Å². The number of rotatable bonds is 9. The molecule has 6 heteroatoms. The first-order valence-electron chi connectivity index (χ1n) is 8.79. The smallest absolute Gasteiger partial charge is 0.270 e. The van der Waals surface area contributed by atoms with E-state index >= 15 is 0 Å². The average molecular weight is 332 g/mol. The number of hydrogen-bond acceptors (Lipinski definition) is 4. The molecule has 0 saturated carbocycles. The molecular formula is C18H28N4O2. The summed E-state index contributed by atoms with van der Waals surface area (Å²) in [6, 6.07) is 3.76. The monoisotopic (exact) mass is 332 g/mol. The molecule has 2 heterocycles. The minimum Gasteiger partial charge on any atom is -0.490 e. The van der Waals surface area contributed by atoms with Crippen molar-refractivity contribution < 1.29 is 9.53 Å². The van der Waals surface area contributed by atoms with Gasteiger partial charge in [-0.3, -0.25) is 9.20 Å². The lowest BCUT2D eigenvalue weighted by Crippen LogP contribution is -2.35. The molecule has 1 N–H and O–H groups in total. The fraction of sp³-hybridized carbons (Fsp3) is 0.556. The number of carbonyl (C=O) groups is 1. The Hall–Kier alpha value is -2.08. The van der Waals surface area contributed by atoms with Gasteiger partial charge >= 0.3 is 0 Å². The number of amides is 1. The lowest BCUT2D eigenvalue weighted by Gasteiger charge is -2.18. The van der Waals surface area contributed by atoms with Crippen LogP contribution in [0.1, 0.15) is 43.9 Å². The van der Waals surface area contributed by atoms with E-state index in [4.69, 9.17) is 4.74 Å². The SMILES string of the molecule is CCOc1cccn2c(C(=O)NCCN(CC)CC)c(CC)nc12. The van der Waals surface area contributed by atoms with Gasteiger partial charge in [0.2, 0.25) is 0 Å². The molecule has 0 spiro atoms. The number of ether oxygens (including phenoxy) is 1. The van der Waals surface area contributed by atoms with Gasteiger partial charge in [-0.05, 0) is 38.6 Å². The molecule has 0 saturated heterocycles. The quantitative estimate of drug-likeness (QED) is 0.766. The second kappa shape index (κ2) is 8.68. The third-order valence-electron chi connectivity index (χ3n) is 4.14. The average Bonchev–Trinajstić information content (AvgIpc) is 2.98.